The zero-order valence-corrected chi connectivity index (χ0v) is 21.8. The van der Waals surface area contributed by atoms with Crippen LogP contribution in [0, 0.1) is 0 Å². The number of hydrogen-bond acceptors (Lipinski definition) is 9. The highest BCUT2D eigenvalue weighted by Crippen LogP contribution is 2.30. The molecule has 2 aromatic heterocycles. The van der Waals surface area contributed by atoms with Gasteiger partial charge in [0.05, 0.1) is 24.4 Å². The number of esters is 1. The monoisotopic (exact) mass is 526 g/mol. The summed E-state index contributed by atoms with van der Waals surface area (Å²) in [5.74, 6) is -1.20. The number of anilines is 1. The Kier molecular flexibility index (Phi) is 9.47. The largest absolute Gasteiger partial charge is 0.462 e. The predicted molar refractivity (Wildman–Crippen MR) is 133 cm³/mol. The number of hydrogen-bond donors (Lipinski definition) is 3. The van der Waals surface area contributed by atoms with Crippen LogP contribution in [-0.2, 0) is 15.9 Å². The third-order valence-electron chi connectivity index (χ3n) is 5.45. The van der Waals surface area contributed by atoms with Crippen molar-refractivity contribution in [3.05, 3.63) is 27.2 Å². The summed E-state index contributed by atoms with van der Waals surface area (Å²) in [5, 5.41) is 6.49. The third-order valence-corrected chi connectivity index (χ3v) is 6.86. The van der Waals surface area contributed by atoms with Crippen molar-refractivity contribution in [1.29, 1.82) is 0 Å². The fraction of sp³-hybridized carbons (Fsp3) is 0.591. The van der Waals surface area contributed by atoms with Gasteiger partial charge in [-0.3, -0.25) is 9.59 Å². The van der Waals surface area contributed by atoms with Gasteiger partial charge in [0, 0.05) is 26.2 Å². The van der Waals surface area contributed by atoms with Crippen LogP contribution < -0.4 is 15.5 Å². The Bertz CT molecular complexity index is 1020. The Balaban J connectivity index is 1.77. The van der Waals surface area contributed by atoms with Gasteiger partial charge in [0.2, 0.25) is 0 Å². The molecule has 3 rings (SSSR count). The fourth-order valence-corrected chi connectivity index (χ4v) is 5.04. The Morgan fingerprint density at radius 1 is 1.17 bits per heavy atom. The first-order chi connectivity index (χ1) is 16.8. The van der Waals surface area contributed by atoms with E-state index >= 15 is 0 Å². The number of carbonyl (C=O) groups excluding carboxylic acids is 3. The van der Waals surface area contributed by atoms with E-state index in [0.29, 0.717) is 49.9 Å². The van der Waals surface area contributed by atoms with Gasteiger partial charge in [-0.1, -0.05) is 29.9 Å². The summed E-state index contributed by atoms with van der Waals surface area (Å²) in [4.78, 5) is 51.4. The van der Waals surface area contributed by atoms with Gasteiger partial charge in [-0.15, -0.1) is 0 Å². The van der Waals surface area contributed by atoms with E-state index in [-0.39, 0.29) is 46.2 Å². The summed E-state index contributed by atoms with van der Waals surface area (Å²) >= 11 is 7.19. The van der Waals surface area contributed by atoms with Gasteiger partial charge >= 0.3 is 5.97 Å². The Hall–Kier alpha value is -2.70. The molecule has 0 saturated carbocycles. The van der Waals surface area contributed by atoms with Gasteiger partial charge in [0.15, 0.2) is 21.8 Å². The standard InChI is InChI=1S/C22H31ClN6O5S/c1-5-12-17(23)28-18(25-12)20(31)26-13-9-10-29(11-14(13)33-7-3)22-27-15(19(30)24-6-2)16(35-22)21(32)34-8-4/h13-14H,5-11H2,1-4H3,(H,24,30)(H,25,28)(H,26,31). The lowest BCUT2D eigenvalue weighted by atomic mass is 10.0. The predicted octanol–water partition coefficient (Wildman–Crippen LogP) is 2.42. The smallest absolute Gasteiger partial charge is 0.350 e. The second-order valence-corrected chi connectivity index (χ2v) is 9.11. The molecule has 0 spiro atoms. The zero-order valence-electron chi connectivity index (χ0n) is 20.3. The molecule has 1 aliphatic heterocycles. The number of piperidine rings is 1. The molecule has 1 aliphatic rings. The molecule has 1 fully saturated rings. The minimum atomic E-state index is -0.579. The van der Waals surface area contributed by atoms with Crippen molar-refractivity contribution in [1.82, 2.24) is 25.6 Å². The van der Waals surface area contributed by atoms with E-state index in [2.05, 4.69) is 25.6 Å². The topological polar surface area (TPSA) is 139 Å². The van der Waals surface area contributed by atoms with Gasteiger partial charge < -0.3 is 30.0 Å². The molecular weight excluding hydrogens is 496 g/mol. The summed E-state index contributed by atoms with van der Waals surface area (Å²) in [5.41, 5.74) is 0.757. The van der Waals surface area contributed by atoms with Crippen molar-refractivity contribution in [2.45, 2.75) is 52.7 Å². The normalized spacial score (nSPS) is 17.8. The lowest BCUT2D eigenvalue weighted by Crippen LogP contribution is -2.55. The number of halogens is 1. The maximum Gasteiger partial charge on any atom is 0.350 e. The van der Waals surface area contributed by atoms with E-state index in [1.54, 1.807) is 13.8 Å². The molecule has 13 heteroatoms. The van der Waals surface area contributed by atoms with E-state index in [1.807, 2.05) is 18.7 Å². The number of rotatable bonds is 10. The summed E-state index contributed by atoms with van der Waals surface area (Å²) in [6.07, 6.45) is 0.867. The van der Waals surface area contributed by atoms with Crippen molar-refractivity contribution in [3.8, 4) is 0 Å². The number of H-pyrrole nitrogens is 1. The second-order valence-electron chi connectivity index (χ2n) is 7.77. The number of thiazole rings is 1. The maximum absolute atomic E-state index is 12.8. The quantitative estimate of drug-likeness (QED) is 0.401. The van der Waals surface area contributed by atoms with Crippen LogP contribution in [0.2, 0.25) is 5.15 Å². The van der Waals surface area contributed by atoms with Crippen LogP contribution >= 0.6 is 22.9 Å². The molecule has 2 atom stereocenters. The molecule has 3 N–H and O–H groups in total. The van der Waals surface area contributed by atoms with Crippen molar-refractivity contribution in [3.63, 3.8) is 0 Å². The van der Waals surface area contributed by atoms with Crippen LogP contribution in [-0.4, -0.2) is 77.7 Å². The van der Waals surface area contributed by atoms with Gasteiger partial charge in [0.25, 0.3) is 11.8 Å². The number of aryl methyl sites for hydroxylation is 1. The van der Waals surface area contributed by atoms with E-state index in [9.17, 15) is 14.4 Å². The van der Waals surface area contributed by atoms with Crippen molar-refractivity contribution < 1.29 is 23.9 Å². The second kappa shape index (κ2) is 12.3. The molecule has 0 aliphatic carbocycles. The van der Waals surface area contributed by atoms with Gasteiger partial charge in [-0.25, -0.2) is 14.8 Å². The lowest BCUT2D eigenvalue weighted by Gasteiger charge is -2.38. The first-order valence-corrected chi connectivity index (χ1v) is 12.9. The number of nitrogens with one attached hydrogen (secondary N) is 3. The third kappa shape index (κ3) is 6.30. The van der Waals surface area contributed by atoms with Crippen LogP contribution in [0.1, 0.15) is 70.6 Å². The summed E-state index contributed by atoms with van der Waals surface area (Å²) in [7, 11) is 0. The maximum atomic E-state index is 12.8. The number of imidazole rings is 1. The molecule has 2 unspecified atom stereocenters. The molecule has 192 valence electrons. The van der Waals surface area contributed by atoms with Crippen LogP contribution in [0.25, 0.3) is 0 Å². The highest BCUT2D eigenvalue weighted by Gasteiger charge is 2.34. The van der Waals surface area contributed by atoms with E-state index in [1.165, 1.54) is 0 Å². The summed E-state index contributed by atoms with van der Waals surface area (Å²) in [6.45, 7) is 9.32. The van der Waals surface area contributed by atoms with Crippen LogP contribution in [0.4, 0.5) is 5.13 Å². The molecule has 1 saturated heterocycles. The van der Waals surface area contributed by atoms with Crippen molar-refractivity contribution >= 4 is 45.9 Å². The van der Waals surface area contributed by atoms with Crippen LogP contribution in [0.5, 0.6) is 0 Å². The molecular formula is C22H31ClN6O5S. The van der Waals surface area contributed by atoms with E-state index in [4.69, 9.17) is 21.1 Å². The molecule has 0 radical (unpaired) electrons. The molecule has 2 amide bonds. The minimum absolute atomic E-state index is 0.0510. The SMILES string of the molecule is CCNC(=O)c1nc(N2CCC(NC(=O)c3nc(Cl)c(CC)[nH]3)C(OCC)C2)sc1C(=O)OCC. The number of aromatic nitrogens is 3. The highest BCUT2D eigenvalue weighted by molar-refractivity contribution is 7.17. The molecule has 35 heavy (non-hydrogen) atoms. The van der Waals surface area contributed by atoms with E-state index < -0.39 is 11.9 Å². The number of carbonyl (C=O) groups is 3. The highest BCUT2D eigenvalue weighted by atomic mass is 35.5. The number of nitrogens with zero attached hydrogens (tertiary/aromatic N) is 3. The van der Waals surface area contributed by atoms with Crippen LogP contribution in [0.3, 0.4) is 0 Å². The first kappa shape index (κ1) is 26.9. The van der Waals surface area contributed by atoms with Gasteiger partial charge in [-0.2, -0.15) is 0 Å². The first-order valence-electron chi connectivity index (χ1n) is 11.7. The Morgan fingerprint density at radius 3 is 2.57 bits per heavy atom. The Morgan fingerprint density at radius 2 is 1.94 bits per heavy atom. The minimum Gasteiger partial charge on any atom is -0.462 e. The number of ether oxygens (including phenoxy) is 2. The van der Waals surface area contributed by atoms with Gasteiger partial charge in [-0.05, 0) is 33.6 Å². The van der Waals surface area contributed by atoms with Crippen LogP contribution in [0.15, 0.2) is 0 Å². The molecule has 0 aromatic carbocycles. The molecule has 2 aromatic rings. The van der Waals surface area contributed by atoms with Crippen molar-refractivity contribution in [2.75, 3.05) is 37.7 Å². The average Bonchev–Trinajstić information content (AvgIpc) is 3.45. The molecule has 11 nitrogen and oxygen atoms in total. The number of amides is 2. The zero-order chi connectivity index (χ0) is 25.5. The van der Waals surface area contributed by atoms with E-state index in [0.717, 1.165) is 11.3 Å². The fourth-order valence-electron chi connectivity index (χ4n) is 3.78. The Labute approximate surface area is 212 Å². The number of aromatic amines is 1. The summed E-state index contributed by atoms with van der Waals surface area (Å²) < 4.78 is 11.1. The lowest BCUT2D eigenvalue weighted by molar-refractivity contribution is 0.0271. The molecule has 3 heterocycles. The van der Waals surface area contributed by atoms with Gasteiger partial charge in [0.1, 0.15) is 4.88 Å². The summed E-state index contributed by atoms with van der Waals surface area (Å²) in [6, 6.07) is -0.264. The average molecular weight is 527 g/mol. The van der Waals surface area contributed by atoms with Crippen molar-refractivity contribution in [2.24, 2.45) is 0 Å². The molecule has 0 bridgehead atoms.